The normalized spacial score (nSPS) is 20.1. The molecule has 2 amide bonds. The molecule has 0 spiro atoms. The number of rotatable bonds is 7. The van der Waals surface area contributed by atoms with Crippen molar-refractivity contribution in [1.29, 1.82) is 0 Å². The molecule has 2 unspecified atom stereocenters. The molecular formula is C26H25ClF3N9O3. The number of nitrogens with two attached hydrogens (primary N) is 1. The number of nitrogen functional groups attached to an aromatic ring is 1. The highest BCUT2D eigenvalue weighted by Crippen LogP contribution is 2.43. The molecule has 220 valence electrons. The van der Waals surface area contributed by atoms with Gasteiger partial charge < -0.3 is 25.3 Å². The van der Waals surface area contributed by atoms with Crippen molar-refractivity contribution in [2.24, 2.45) is 5.92 Å². The fourth-order valence-corrected chi connectivity index (χ4v) is 5.59. The quantitative estimate of drug-likeness (QED) is 0.328. The first-order chi connectivity index (χ1) is 20.0. The molecule has 0 radical (unpaired) electrons. The van der Waals surface area contributed by atoms with Gasteiger partial charge in [0.15, 0.2) is 5.82 Å². The fraction of sp³-hybridized carbons (Fsp3) is 0.385. The second-order valence-electron chi connectivity index (χ2n) is 10.4. The van der Waals surface area contributed by atoms with Crippen LogP contribution in [0.2, 0.25) is 5.15 Å². The Labute approximate surface area is 241 Å². The number of ether oxygens (including phenoxy) is 1. The lowest BCUT2D eigenvalue weighted by Gasteiger charge is -2.36. The first kappa shape index (κ1) is 27.8. The molecule has 0 aromatic carbocycles. The van der Waals surface area contributed by atoms with Crippen molar-refractivity contribution in [2.45, 2.75) is 37.5 Å². The molecule has 1 saturated carbocycles. The molecule has 12 nitrogen and oxygen atoms in total. The van der Waals surface area contributed by atoms with Gasteiger partial charge in [0.05, 0.1) is 38.3 Å². The molecule has 5 heterocycles. The zero-order valence-electron chi connectivity index (χ0n) is 22.2. The molecular weight excluding hydrogens is 579 g/mol. The van der Waals surface area contributed by atoms with Crippen LogP contribution in [0.25, 0.3) is 16.8 Å². The Morgan fingerprint density at radius 1 is 1.21 bits per heavy atom. The van der Waals surface area contributed by atoms with Crippen molar-refractivity contribution in [3.8, 4) is 17.1 Å². The van der Waals surface area contributed by atoms with Crippen LogP contribution in [0.3, 0.4) is 0 Å². The highest BCUT2D eigenvalue weighted by molar-refractivity contribution is 6.29. The molecule has 2 fully saturated rings. The number of amides is 2. The molecule has 2 atom stereocenters. The topological polar surface area (TPSA) is 146 Å². The number of carbonyl (C=O) groups is 2. The van der Waals surface area contributed by atoms with E-state index in [1.807, 2.05) is 6.07 Å². The number of imidazole rings is 1. The van der Waals surface area contributed by atoms with E-state index in [1.54, 1.807) is 21.6 Å². The predicted molar refractivity (Wildman–Crippen MR) is 144 cm³/mol. The Morgan fingerprint density at radius 2 is 2.00 bits per heavy atom. The number of anilines is 1. The van der Waals surface area contributed by atoms with E-state index in [1.165, 1.54) is 30.6 Å². The smallest absolute Gasteiger partial charge is 0.257 e. The third-order valence-corrected chi connectivity index (χ3v) is 7.71. The zero-order valence-corrected chi connectivity index (χ0v) is 22.9. The molecule has 1 aliphatic carbocycles. The predicted octanol–water partition coefficient (Wildman–Crippen LogP) is 2.60. The van der Waals surface area contributed by atoms with Crippen molar-refractivity contribution in [2.75, 3.05) is 25.9 Å². The summed E-state index contributed by atoms with van der Waals surface area (Å²) >= 11 is 5.96. The van der Waals surface area contributed by atoms with Gasteiger partial charge in [-0.15, -0.1) is 0 Å². The Bertz CT molecular complexity index is 1690. The fourth-order valence-electron chi connectivity index (χ4n) is 5.42. The van der Waals surface area contributed by atoms with E-state index >= 15 is 0 Å². The number of carbonyl (C=O) groups excluding carboxylic acids is 2. The number of likely N-dealkylation sites (tertiary alicyclic amines) is 1. The maximum atomic E-state index is 14.9. The van der Waals surface area contributed by atoms with Crippen molar-refractivity contribution in [1.82, 2.24) is 39.3 Å². The van der Waals surface area contributed by atoms with Crippen LogP contribution in [0.15, 0.2) is 37.2 Å². The molecule has 1 aliphatic heterocycles. The number of hydrogen-bond acceptors (Lipinski definition) is 8. The second kappa shape index (κ2) is 10.5. The van der Waals surface area contributed by atoms with E-state index in [4.69, 9.17) is 22.1 Å². The minimum Gasteiger partial charge on any atom is -0.480 e. The Morgan fingerprint density at radius 3 is 2.69 bits per heavy atom. The van der Waals surface area contributed by atoms with Crippen LogP contribution in [0.4, 0.5) is 19.0 Å². The number of hydrogen-bond donors (Lipinski definition) is 2. The summed E-state index contributed by atoms with van der Waals surface area (Å²) in [7, 11) is 1.34. The number of aromatic nitrogens is 6. The van der Waals surface area contributed by atoms with Crippen molar-refractivity contribution in [3.63, 3.8) is 0 Å². The second-order valence-corrected chi connectivity index (χ2v) is 10.8. The number of nitrogens with zero attached hydrogens (tertiary/aromatic N) is 7. The standard InChI is InChI=1S/C26H25ClF3N9O3/c1-42-24-16(23(40)36-18-9-38(8-17(18)28)25(41)15-4-26(29,30)5-15)2-13(6-32-24)19-3-14(7-37-10-20(27)34-12-37)21-22(31)33-11-35-39(19)21/h2-3,6,10-12,15,17-18H,4-5,7-9H2,1H3,(H,36,40)(H2,31,33,35). The van der Waals surface area contributed by atoms with E-state index in [0.29, 0.717) is 28.5 Å². The van der Waals surface area contributed by atoms with Crippen LogP contribution in [0.5, 0.6) is 5.88 Å². The van der Waals surface area contributed by atoms with Gasteiger partial charge >= 0.3 is 0 Å². The third-order valence-electron chi connectivity index (χ3n) is 7.52. The molecule has 4 aromatic rings. The van der Waals surface area contributed by atoms with Crippen molar-refractivity contribution >= 4 is 34.7 Å². The Kier molecular flexibility index (Phi) is 6.91. The maximum absolute atomic E-state index is 14.9. The van der Waals surface area contributed by atoms with Crippen LogP contribution in [-0.4, -0.2) is 84.2 Å². The molecule has 2 aliphatic rings. The highest BCUT2D eigenvalue weighted by Gasteiger charge is 2.51. The van der Waals surface area contributed by atoms with Gasteiger partial charge in [0.1, 0.15) is 28.7 Å². The van der Waals surface area contributed by atoms with E-state index in [-0.39, 0.29) is 30.4 Å². The number of methoxy groups -OCH3 is 1. The van der Waals surface area contributed by atoms with E-state index in [0.717, 1.165) is 5.56 Å². The molecule has 16 heteroatoms. The van der Waals surface area contributed by atoms with Gasteiger partial charge in [-0.25, -0.2) is 32.6 Å². The summed E-state index contributed by atoms with van der Waals surface area (Å²) < 4.78 is 50.0. The van der Waals surface area contributed by atoms with E-state index < -0.39 is 48.7 Å². The van der Waals surface area contributed by atoms with Gasteiger partial charge in [0.25, 0.3) is 5.91 Å². The summed E-state index contributed by atoms with van der Waals surface area (Å²) in [4.78, 5) is 39.5. The van der Waals surface area contributed by atoms with Crippen LogP contribution in [-0.2, 0) is 11.3 Å². The van der Waals surface area contributed by atoms with Gasteiger partial charge in [-0.2, -0.15) is 5.10 Å². The lowest BCUT2D eigenvalue weighted by molar-refractivity contribution is -0.159. The highest BCUT2D eigenvalue weighted by atomic mass is 35.5. The molecule has 1 saturated heterocycles. The largest absolute Gasteiger partial charge is 0.480 e. The van der Waals surface area contributed by atoms with Gasteiger partial charge in [-0.3, -0.25) is 9.59 Å². The Hall–Kier alpha value is -4.40. The van der Waals surface area contributed by atoms with Gasteiger partial charge in [-0.05, 0) is 12.1 Å². The summed E-state index contributed by atoms with van der Waals surface area (Å²) in [5.41, 5.74) is 8.52. The Balaban J connectivity index is 1.26. The minimum atomic E-state index is -2.87. The number of nitrogens with one attached hydrogen (secondary N) is 1. The summed E-state index contributed by atoms with van der Waals surface area (Å²) in [6, 6.07) is 2.31. The molecule has 6 rings (SSSR count). The number of halogens is 4. The summed E-state index contributed by atoms with van der Waals surface area (Å²) in [6.07, 6.45) is 3.35. The zero-order chi connectivity index (χ0) is 29.8. The minimum absolute atomic E-state index is 0.00225. The average molecular weight is 604 g/mol. The maximum Gasteiger partial charge on any atom is 0.257 e. The van der Waals surface area contributed by atoms with Crippen molar-refractivity contribution < 1.29 is 27.5 Å². The number of fused-ring (bicyclic) bond motifs is 1. The van der Waals surface area contributed by atoms with Crippen LogP contribution in [0, 0.1) is 5.92 Å². The lowest BCUT2D eigenvalue weighted by Crippen LogP contribution is -2.47. The average Bonchev–Trinajstić information content (AvgIpc) is 3.64. The third kappa shape index (κ3) is 5.08. The van der Waals surface area contributed by atoms with E-state index in [9.17, 15) is 22.8 Å². The number of pyridine rings is 1. The lowest BCUT2D eigenvalue weighted by atomic mass is 9.80. The monoisotopic (exact) mass is 603 g/mol. The van der Waals surface area contributed by atoms with Gasteiger partial charge in [0, 0.05) is 48.8 Å². The first-order valence-electron chi connectivity index (χ1n) is 13.0. The SMILES string of the molecule is COc1ncc(-c2cc(Cn3cnc(Cl)c3)c3c(N)ncnn23)cc1C(=O)NC1CN(C(=O)C2CC(F)(F)C2)CC1F. The molecule has 0 bridgehead atoms. The van der Waals surface area contributed by atoms with Gasteiger partial charge in [-0.1, -0.05) is 11.6 Å². The summed E-state index contributed by atoms with van der Waals surface area (Å²) in [6.45, 7) is -0.0706. The van der Waals surface area contributed by atoms with Crippen molar-refractivity contribution in [3.05, 3.63) is 53.5 Å². The van der Waals surface area contributed by atoms with E-state index in [2.05, 4.69) is 25.4 Å². The van der Waals surface area contributed by atoms with Crippen LogP contribution in [0.1, 0.15) is 28.8 Å². The van der Waals surface area contributed by atoms with Crippen LogP contribution >= 0.6 is 11.6 Å². The number of alkyl halides is 3. The molecule has 4 aromatic heterocycles. The summed E-state index contributed by atoms with van der Waals surface area (Å²) in [5.74, 6) is -4.69. The molecule has 42 heavy (non-hydrogen) atoms. The summed E-state index contributed by atoms with van der Waals surface area (Å²) in [5, 5.41) is 7.27. The molecule has 3 N–H and O–H groups in total. The van der Waals surface area contributed by atoms with Gasteiger partial charge in [0.2, 0.25) is 17.7 Å². The van der Waals surface area contributed by atoms with Crippen LogP contribution < -0.4 is 15.8 Å². The first-order valence-corrected chi connectivity index (χ1v) is 13.3.